The van der Waals surface area contributed by atoms with Crippen LogP contribution in [0.2, 0.25) is 0 Å². The normalized spacial score (nSPS) is 21.0. The van der Waals surface area contributed by atoms with Crippen molar-refractivity contribution in [2.24, 2.45) is 5.92 Å². The zero-order valence-corrected chi connectivity index (χ0v) is 14.8. The second kappa shape index (κ2) is 7.20. The topological polar surface area (TPSA) is 76.0 Å². The largest absolute Gasteiger partial charge is 0.363 e. The predicted molar refractivity (Wildman–Crippen MR) is 98.4 cm³/mol. The van der Waals surface area contributed by atoms with E-state index in [0.29, 0.717) is 11.5 Å². The van der Waals surface area contributed by atoms with E-state index >= 15 is 0 Å². The van der Waals surface area contributed by atoms with Crippen LogP contribution in [-0.2, 0) is 4.79 Å². The Bertz CT molecular complexity index is 785. The molecule has 1 N–H and O–H groups in total. The Balaban J connectivity index is 1.38. The second-order valence-corrected chi connectivity index (χ2v) is 7.09. The van der Waals surface area contributed by atoms with Gasteiger partial charge in [-0.25, -0.2) is 4.98 Å². The van der Waals surface area contributed by atoms with Crippen LogP contribution in [0.5, 0.6) is 0 Å². The maximum Gasteiger partial charge on any atom is 0.226 e. The van der Waals surface area contributed by atoms with Gasteiger partial charge in [-0.1, -0.05) is 0 Å². The number of hydrogen-bond donors (Lipinski definition) is 1. The molecule has 6 nitrogen and oxygen atoms in total. The molecular formula is C20H23N5O. The molecule has 2 aliphatic rings. The molecule has 0 bridgehead atoms. The van der Waals surface area contributed by atoms with Crippen molar-refractivity contribution in [3.05, 3.63) is 47.9 Å². The van der Waals surface area contributed by atoms with E-state index in [2.05, 4.69) is 31.9 Å². The third-order valence-electron chi connectivity index (χ3n) is 5.56. The molecule has 0 aromatic carbocycles. The number of nitrogens with zero attached hydrogens (tertiary/aromatic N) is 4. The molecule has 2 aliphatic heterocycles. The molecule has 1 atom stereocenters. The van der Waals surface area contributed by atoms with E-state index in [0.717, 1.165) is 56.8 Å². The van der Waals surface area contributed by atoms with Gasteiger partial charge in [-0.3, -0.25) is 4.79 Å². The average Bonchev–Trinajstić information content (AvgIpc) is 3.39. The van der Waals surface area contributed by atoms with Crippen molar-refractivity contribution >= 4 is 11.7 Å². The minimum Gasteiger partial charge on any atom is -0.363 e. The monoisotopic (exact) mass is 349 g/mol. The number of carbonyl (C=O) groups is 1. The van der Waals surface area contributed by atoms with Gasteiger partial charge in [0.25, 0.3) is 0 Å². The number of aromatic nitrogens is 2. The highest BCUT2D eigenvalue weighted by Gasteiger charge is 2.35. The number of rotatable bonds is 3. The summed E-state index contributed by atoms with van der Waals surface area (Å²) >= 11 is 0. The molecule has 4 rings (SSSR count). The SMILES string of the molecule is N#Cc1ccc(N2CCC(C(=O)N3CCCC3c3ccc[nH]3)CC2)nc1. The average molecular weight is 349 g/mol. The van der Waals surface area contributed by atoms with Crippen molar-refractivity contribution in [2.75, 3.05) is 24.5 Å². The number of aromatic amines is 1. The lowest BCUT2D eigenvalue weighted by atomic mass is 9.94. The lowest BCUT2D eigenvalue weighted by Gasteiger charge is -2.35. The van der Waals surface area contributed by atoms with Crippen LogP contribution in [0.1, 0.15) is 43.0 Å². The van der Waals surface area contributed by atoms with E-state index in [9.17, 15) is 4.79 Å². The number of anilines is 1. The van der Waals surface area contributed by atoms with Crippen LogP contribution < -0.4 is 4.90 Å². The first-order chi connectivity index (χ1) is 12.8. The Kier molecular flexibility index (Phi) is 4.61. The van der Waals surface area contributed by atoms with Gasteiger partial charge in [0.2, 0.25) is 5.91 Å². The summed E-state index contributed by atoms with van der Waals surface area (Å²) in [7, 11) is 0. The van der Waals surface area contributed by atoms with Gasteiger partial charge in [0.1, 0.15) is 11.9 Å². The molecule has 2 aromatic rings. The van der Waals surface area contributed by atoms with Gasteiger partial charge < -0.3 is 14.8 Å². The van der Waals surface area contributed by atoms with E-state index < -0.39 is 0 Å². The first-order valence-corrected chi connectivity index (χ1v) is 9.31. The standard InChI is InChI=1S/C20H23N5O/c21-13-15-5-6-19(23-14-15)24-11-7-16(8-12-24)20(26)25-10-2-4-18(25)17-3-1-9-22-17/h1,3,5-6,9,14,16,18,22H,2,4,7-8,10-12H2. The Labute approximate surface area is 153 Å². The smallest absolute Gasteiger partial charge is 0.226 e. The van der Waals surface area contributed by atoms with Gasteiger partial charge in [0.15, 0.2) is 0 Å². The number of carbonyl (C=O) groups excluding carboxylic acids is 1. The van der Waals surface area contributed by atoms with E-state index in [4.69, 9.17) is 5.26 Å². The fraction of sp³-hybridized carbons (Fsp3) is 0.450. The minimum atomic E-state index is 0.0974. The molecular weight excluding hydrogens is 326 g/mol. The third kappa shape index (κ3) is 3.17. The molecule has 0 aliphatic carbocycles. The molecule has 1 amide bonds. The maximum absolute atomic E-state index is 13.1. The fourth-order valence-corrected chi connectivity index (χ4v) is 4.13. The quantitative estimate of drug-likeness (QED) is 0.924. The van der Waals surface area contributed by atoms with Crippen molar-refractivity contribution < 1.29 is 4.79 Å². The van der Waals surface area contributed by atoms with Crippen molar-refractivity contribution in [1.29, 1.82) is 5.26 Å². The Morgan fingerprint density at radius 1 is 1.19 bits per heavy atom. The van der Waals surface area contributed by atoms with Crippen LogP contribution in [0.25, 0.3) is 0 Å². The van der Waals surface area contributed by atoms with Crippen molar-refractivity contribution in [3.8, 4) is 6.07 Å². The van der Waals surface area contributed by atoms with Crippen molar-refractivity contribution in [1.82, 2.24) is 14.9 Å². The number of pyridine rings is 1. The number of piperidine rings is 1. The van der Waals surface area contributed by atoms with Gasteiger partial charge in [-0.05, 0) is 49.9 Å². The molecule has 1 unspecified atom stereocenters. The van der Waals surface area contributed by atoms with Crippen LogP contribution in [0, 0.1) is 17.2 Å². The molecule has 0 radical (unpaired) electrons. The van der Waals surface area contributed by atoms with Crippen molar-refractivity contribution in [2.45, 2.75) is 31.7 Å². The van der Waals surface area contributed by atoms with Gasteiger partial charge in [-0.15, -0.1) is 0 Å². The Morgan fingerprint density at radius 3 is 2.69 bits per heavy atom. The summed E-state index contributed by atoms with van der Waals surface area (Å²) in [4.78, 5) is 25.0. The van der Waals surface area contributed by atoms with Gasteiger partial charge in [0, 0.05) is 43.6 Å². The highest BCUT2D eigenvalue weighted by molar-refractivity contribution is 5.80. The molecule has 2 saturated heterocycles. The summed E-state index contributed by atoms with van der Waals surface area (Å²) in [5, 5.41) is 8.88. The first-order valence-electron chi connectivity index (χ1n) is 9.31. The molecule has 134 valence electrons. The van der Waals surface area contributed by atoms with Gasteiger partial charge in [0.05, 0.1) is 11.6 Å². The molecule has 0 spiro atoms. The highest BCUT2D eigenvalue weighted by atomic mass is 16.2. The minimum absolute atomic E-state index is 0.0974. The molecule has 0 saturated carbocycles. The summed E-state index contributed by atoms with van der Waals surface area (Å²) in [6.07, 6.45) is 7.36. The molecule has 2 fully saturated rings. The molecule has 2 aromatic heterocycles. The van der Waals surface area contributed by atoms with Crippen LogP contribution in [0.3, 0.4) is 0 Å². The number of nitriles is 1. The number of nitrogens with one attached hydrogen (secondary N) is 1. The van der Waals surface area contributed by atoms with E-state index in [-0.39, 0.29) is 12.0 Å². The number of likely N-dealkylation sites (tertiary alicyclic amines) is 1. The van der Waals surface area contributed by atoms with Crippen LogP contribution in [0.4, 0.5) is 5.82 Å². The van der Waals surface area contributed by atoms with Crippen LogP contribution >= 0.6 is 0 Å². The third-order valence-corrected chi connectivity index (χ3v) is 5.56. The Hall–Kier alpha value is -2.81. The summed E-state index contributed by atoms with van der Waals surface area (Å²) in [6, 6.07) is 10.1. The van der Waals surface area contributed by atoms with Crippen LogP contribution in [0.15, 0.2) is 36.7 Å². The predicted octanol–water partition coefficient (Wildman–Crippen LogP) is 2.86. The van der Waals surface area contributed by atoms with Gasteiger partial charge >= 0.3 is 0 Å². The number of amides is 1. The van der Waals surface area contributed by atoms with Crippen molar-refractivity contribution in [3.63, 3.8) is 0 Å². The summed E-state index contributed by atoms with van der Waals surface area (Å²) in [6.45, 7) is 2.52. The number of hydrogen-bond acceptors (Lipinski definition) is 4. The Morgan fingerprint density at radius 2 is 2.04 bits per heavy atom. The number of H-pyrrole nitrogens is 1. The molecule has 26 heavy (non-hydrogen) atoms. The van der Waals surface area contributed by atoms with Gasteiger partial charge in [-0.2, -0.15) is 5.26 Å². The zero-order chi connectivity index (χ0) is 17.9. The maximum atomic E-state index is 13.1. The second-order valence-electron chi connectivity index (χ2n) is 7.09. The summed E-state index contributed by atoms with van der Waals surface area (Å²) in [5.74, 6) is 1.29. The first kappa shape index (κ1) is 16.6. The fourth-order valence-electron chi connectivity index (χ4n) is 4.13. The lowest BCUT2D eigenvalue weighted by molar-refractivity contribution is -0.137. The van der Waals surface area contributed by atoms with E-state index in [1.165, 1.54) is 0 Å². The summed E-state index contributed by atoms with van der Waals surface area (Å²) in [5.41, 5.74) is 1.72. The van der Waals surface area contributed by atoms with E-state index in [1.807, 2.05) is 18.3 Å². The van der Waals surface area contributed by atoms with E-state index in [1.54, 1.807) is 12.3 Å². The lowest BCUT2D eigenvalue weighted by Crippen LogP contribution is -2.42. The van der Waals surface area contributed by atoms with Crippen LogP contribution in [-0.4, -0.2) is 40.4 Å². The molecule has 4 heterocycles. The molecule has 6 heteroatoms. The highest BCUT2D eigenvalue weighted by Crippen LogP contribution is 2.34. The zero-order valence-electron chi connectivity index (χ0n) is 14.8. The summed E-state index contributed by atoms with van der Waals surface area (Å²) < 4.78 is 0.